The van der Waals surface area contributed by atoms with E-state index >= 15 is 0 Å². The van der Waals surface area contributed by atoms with Gasteiger partial charge in [0.05, 0.1) is 19.3 Å². The summed E-state index contributed by atoms with van der Waals surface area (Å²) in [6, 6.07) is 7.22. The Hall–Kier alpha value is -1.84. The second-order valence-corrected chi connectivity index (χ2v) is 5.53. The maximum absolute atomic E-state index is 9.33. The molecule has 0 aromatic heterocycles. The van der Waals surface area contributed by atoms with E-state index < -0.39 is 0 Å². The summed E-state index contributed by atoms with van der Waals surface area (Å²) in [6.07, 6.45) is 7.03. The van der Waals surface area contributed by atoms with Crippen molar-refractivity contribution in [2.75, 3.05) is 13.2 Å². The fraction of sp³-hybridized carbons (Fsp3) is 0.368. The van der Waals surface area contributed by atoms with E-state index in [2.05, 4.69) is 19.6 Å². The number of allylic oxidation sites excluding steroid dienone is 1. The predicted molar refractivity (Wildman–Crippen MR) is 89.7 cm³/mol. The van der Waals surface area contributed by atoms with E-state index in [1.165, 1.54) is 5.57 Å². The summed E-state index contributed by atoms with van der Waals surface area (Å²) in [4.78, 5) is 0. The van der Waals surface area contributed by atoms with Crippen LogP contribution in [-0.2, 0) is 4.74 Å². The van der Waals surface area contributed by atoms with Gasteiger partial charge >= 0.3 is 0 Å². The molecule has 2 rings (SSSR count). The Bertz CT molecular complexity index is 567. The molecule has 0 radical (unpaired) electrons. The highest BCUT2D eigenvalue weighted by molar-refractivity contribution is 5.53. The lowest BCUT2D eigenvalue weighted by atomic mass is 9.96. The van der Waals surface area contributed by atoms with Gasteiger partial charge in [0.15, 0.2) is 0 Å². The molecular weight excluding hydrogens is 276 g/mol. The van der Waals surface area contributed by atoms with Crippen molar-refractivity contribution in [1.82, 2.24) is 0 Å². The molecule has 1 heterocycles. The first kappa shape index (κ1) is 16.5. The molecule has 0 aliphatic carbocycles. The van der Waals surface area contributed by atoms with Gasteiger partial charge in [-0.05, 0) is 48.1 Å². The fourth-order valence-corrected chi connectivity index (χ4v) is 2.65. The first-order chi connectivity index (χ1) is 10.6. The van der Waals surface area contributed by atoms with Crippen LogP contribution < -0.4 is 0 Å². The van der Waals surface area contributed by atoms with E-state index in [4.69, 9.17) is 4.74 Å². The van der Waals surface area contributed by atoms with Gasteiger partial charge in [-0.1, -0.05) is 43.4 Å². The van der Waals surface area contributed by atoms with E-state index in [0.717, 1.165) is 36.0 Å². The van der Waals surface area contributed by atoms with Crippen molar-refractivity contribution in [1.29, 1.82) is 0 Å². The van der Waals surface area contributed by atoms with E-state index in [0.29, 0.717) is 6.61 Å². The highest BCUT2D eigenvalue weighted by Gasteiger charge is 2.21. The van der Waals surface area contributed by atoms with Gasteiger partial charge in [-0.15, -0.1) is 0 Å². The van der Waals surface area contributed by atoms with Crippen LogP contribution >= 0.6 is 0 Å². The molecular formula is C19H24O3. The number of phenols is 1. The van der Waals surface area contributed by atoms with Crippen molar-refractivity contribution in [2.24, 2.45) is 0 Å². The number of hydrogen-bond acceptors (Lipinski definition) is 3. The second kappa shape index (κ2) is 7.97. The number of aromatic hydroxyl groups is 1. The zero-order valence-corrected chi connectivity index (χ0v) is 13.1. The van der Waals surface area contributed by atoms with E-state index in [-0.39, 0.29) is 18.5 Å². The third-order valence-electron chi connectivity index (χ3n) is 3.99. The number of ether oxygens (including phenoxy) is 1. The first-order valence-electron chi connectivity index (χ1n) is 7.73. The van der Waals surface area contributed by atoms with Crippen LogP contribution in [0.15, 0.2) is 53.6 Å². The summed E-state index contributed by atoms with van der Waals surface area (Å²) in [6.45, 7) is 6.62. The lowest BCUT2D eigenvalue weighted by Gasteiger charge is -2.16. The molecule has 0 saturated heterocycles. The zero-order chi connectivity index (χ0) is 15.9. The van der Waals surface area contributed by atoms with E-state index in [1.54, 1.807) is 12.1 Å². The summed E-state index contributed by atoms with van der Waals surface area (Å²) in [7, 11) is 0. The van der Waals surface area contributed by atoms with Gasteiger partial charge < -0.3 is 14.9 Å². The van der Waals surface area contributed by atoms with E-state index in [9.17, 15) is 10.2 Å². The van der Waals surface area contributed by atoms with Crippen molar-refractivity contribution in [3.8, 4) is 5.75 Å². The molecule has 1 aliphatic rings. The summed E-state index contributed by atoms with van der Waals surface area (Å²) in [5.74, 6) is 0.284. The molecule has 3 nitrogen and oxygen atoms in total. The lowest BCUT2D eigenvalue weighted by molar-refractivity contribution is 0.115. The Balaban J connectivity index is 1.98. The van der Waals surface area contributed by atoms with Crippen LogP contribution in [0.3, 0.4) is 0 Å². The van der Waals surface area contributed by atoms with Crippen LogP contribution in [0.1, 0.15) is 31.7 Å². The molecule has 118 valence electrons. The molecule has 22 heavy (non-hydrogen) atoms. The van der Waals surface area contributed by atoms with Crippen molar-refractivity contribution in [3.05, 3.63) is 59.2 Å². The highest BCUT2D eigenvalue weighted by atomic mass is 16.5. The number of benzene rings is 1. The number of phenolic OH excluding ortho intramolecular Hbond substituents is 1. The molecule has 0 saturated carbocycles. The third kappa shape index (κ3) is 4.33. The molecule has 1 aromatic rings. The Morgan fingerprint density at radius 3 is 2.73 bits per heavy atom. The number of aliphatic hydroxyl groups is 1. The van der Waals surface area contributed by atoms with Crippen LogP contribution in [0.25, 0.3) is 6.08 Å². The van der Waals surface area contributed by atoms with Gasteiger partial charge in [-0.25, -0.2) is 0 Å². The average Bonchev–Trinajstić information content (AvgIpc) is 3.01. The number of hydrogen-bond donors (Lipinski definition) is 2. The Morgan fingerprint density at radius 2 is 2.09 bits per heavy atom. The van der Waals surface area contributed by atoms with Crippen molar-refractivity contribution >= 4 is 6.08 Å². The Morgan fingerprint density at radius 1 is 1.36 bits per heavy atom. The predicted octanol–water partition coefficient (Wildman–Crippen LogP) is 3.84. The molecule has 3 heteroatoms. The first-order valence-corrected chi connectivity index (χ1v) is 7.73. The van der Waals surface area contributed by atoms with Gasteiger partial charge in [0.1, 0.15) is 5.75 Å². The molecule has 2 N–H and O–H groups in total. The lowest BCUT2D eigenvalue weighted by Crippen LogP contribution is -2.13. The van der Waals surface area contributed by atoms with Crippen LogP contribution in [0, 0.1) is 0 Å². The molecule has 0 amide bonds. The zero-order valence-electron chi connectivity index (χ0n) is 13.1. The molecule has 0 spiro atoms. The van der Waals surface area contributed by atoms with Crippen LogP contribution in [0.4, 0.5) is 0 Å². The third-order valence-corrected chi connectivity index (χ3v) is 3.99. The summed E-state index contributed by atoms with van der Waals surface area (Å²) < 4.78 is 5.72. The standard InChI is InChI=1S/C19H24O3/c1-3-15(12-16-4-7-17(21)8-5-16)6-9-19-18(10-11-22-19)14(2)13-20/h4-5,7-8,10,12,19-21H,2-3,6,9,11,13H2,1H3/b15-12+. The SMILES string of the molecule is C=C(CO)C1=CCOC1CC/C(=C/c1ccc(O)cc1)CC. The maximum Gasteiger partial charge on any atom is 0.115 e. The molecule has 1 atom stereocenters. The van der Waals surface area contributed by atoms with Gasteiger partial charge in [0, 0.05) is 0 Å². The Labute approximate surface area is 132 Å². The van der Waals surface area contributed by atoms with Crippen molar-refractivity contribution in [3.63, 3.8) is 0 Å². The number of aliphatic hydroxyl groups excluding tert-OH is 1. The van der Waals surface area contributed by atoms with Gasteiger partial charge in [-0.3, -0.25) is 0 Å². The molecule has 1 unspecified atom stereocenters. The van der Waals surface area contributed by atoms with Gasteiger partial charge in [0.25, 0.3) is 0 Å². The minimum absolute atomic E-state index is 0.0182. The average molecular weight is 300 g/mol. The fourth-order valence-electron chi connectivity index (χ4n) is 2.65. The summed E-state index contributed by atoms with van der Waals surface area (Å²) in [5.41, 5.74) is 4.23. The quantitative estimate of drug-likeness (QED) is 0.804. The minimum atomic E-state index is -0.0182. The van der Waals surface area contributed by atoms with E-state index in [1.807, 2.05) is 18.2 Å². The van der Waals surface area contributed by atoms with Crippen LogP contribution in [0.2, 0.25) is 0 Å². The molecule has 1 aromatic carbocycles. The monoisotopic (exact) mass is 300 g/mol. The molecule has 1 aliphatic heterocycles. The van der Waals surface area contributed by atoms with Gasteiger partial charge in [0.2, 0.25) is 0 Å². The number of rotatable bonds is 7. The minimum Gasteiger partial charge on any atom is -0.508 e. The topological polar surface area (TPSA) is 49.7 Å². The normalized spacial score (nSPS) is 18.4. The smallest absolute Gasteiger partial charge is 0.115 e. The van der Waals surface area contributed by atoms with Gasteiger partial charge in [-0.2, -0.15) is 0 Å². The van der Waals surface area contributed by atoms with Crippen molar-refractivity contribution in [2.45, 2.75) is 32.3 Å². The maximum atomic E-state index is 9.33. The summed E-state index contributed by atoms with van der Waals surface area (Å²) >= 11 is 0. The second-order valence-electron chi connectivity index (χ2n) is 5.53. The largest absolute Gasteiger partial charge is 0.508 e. The summed E-state index contributed by atoms with van der Waals surface area (Å²) in [5, 5.41) is 18.6. The van der Waals surface area contributed by atoms with Crippen LogP contribution in [0.5, 0.6) is 5.75 Å². The molecule has 0 bridgehead atoms. The van der Waals surface area contributed by atoms with Crippen LogP contribution in [-0.4, -0.2) is 29.5 Å². The Kier molecular flexibility index (Phi) is 5.99. The van der Waals surface area contributed by atoms with Crippen molar-refractivity contribution < 1.29 is 14.9 Å². The molecule has 0 fully saturated rings. The highest BCUT2D eigenvalue weighted by Crippen LogP contribution is 2.27.